The van der Waals surface area contributed by atoms with Gasteiger partial charge in [0, 0.05) is 18.9 Å². The van der Waals surface area contributed by atoms with E-state index in [4.69, 9.17) is 10.3 Å². The second-order valence-electron chi connectivity index (χ2n) is 4.12. The van der Waals surface area contributed by atoms with E-state index in [9.17, 15) is 0 Å². The van der Waals surface area contributed by atoms with E-state index in [2.05, 4.69) is 24.0 Å². The van der Waals surface area contributed by atoms with E-state index in [-0.39, 0.29) is 5.92 Å². The Bertz CT molecular complexity index is 270. The largest absolute Gasteiger partial charge is 0.339 e. The van der Waals surface area contributed by atoms with Gasteiger partial charge in [0.1, 0.15) is 0 Å². The second kappa shape index (κ2) is 5.10. The summed E-state index contributed by atoms with van der Waals surface area (Å²) in [5.41, 5.74) is 5.51. The Balaban J connectivity index is 2.50. The van der Waals surface area contributed by atoms with Crippen LogP contribution in [0.15, 0.2) is 4.52 Å². The van der Waals surface area contributed by atoms with Gasteiger partial charge in [-0.25, -0.2) is 0 Å². The molecule has 0 aliphatic rings. The van der Waals surface area contributed by atoms with E-state index in [0.29, 0.717) is 12.5 Å². The van der Waals surface area contributed by atoms with E-state index in [1.54, 1.807) is 0 Å². The van der Waals surface area contributed by atoms with Crippen molar-refractivity contribution in [3.8, 4) is 0 Å². The average Bonchev–Trinajstić information content (AvgIpc) is 2.62. The molecule has 0 spiro atoms. The fraction of sp³-hybridized carbons (Fsp3) is 0.800. The van der Waals surface area contributed by atoms with Crippen LogP contribution in [0.4, 0.5) is 0 Å². The molecule has 1 unspecified atom stereocenters. The third-order valence-electron chi connectivity index (χ3n) is 2.21. The predicted molar refractivity (Wildman–Crippen MR) is 54.9 cm³/mol. The first kappa shape index (κ1) is 11.2. The van der Waals surface area contributed by atoms with Gasteiger partial charge in [0.05, 0.1) is 0 Å². The zero-order valence-corrected chi connectivity index (χ0v) is 9.16. The third-order valence-corrected chi connectivity index (χ3v) is 2.21. The molecular formula is C10H19N3O. The molecule has 0 aliphatic carbocycles. The molecule has 1 aromatic heterocycles. The molecule has 0 saturated carbocycles. The first-order valence-electron chi connectivity index (χ1n) is 5.16. The standard InChI is InChI=1S/C10H19N3O/c1-7(2)4-5-9-12-10(13-14-9)8(3)6-11/h7-8H,4-6,11H2,1-3H3. The van der Waals surface area contributed by atoms with Crippen LogP contribution in [0.3, 0.4) is 0 Å². The number of nitrogens with zero attached hydrogens (tertiary/aromatic N) is 2. The molecule has 0 saturated heterocycles. The monoisotopic (exact) mass is 197 g/mol. The maximum atomic E-state index is 5.51. The molecule has 0 radical (unpaired) electrons. The fourth-order valence-corrected chi connectivity index (χ4v) is 1.09. The highest BCUT2D eigenvalue weighted by atomic mass is 16.5. The summed E-state index contributed by atoms with van der Waals surface area (Å²) in [5, 5.41) is 3.90. The highest BCUT2D eigenvalue weighted by Gasteiger charge is 2.12. The van der Waals surface area contributed by atoms with E-state index in [1.165, 1.54) is 0 Å². The maximum absolute atomic E-state index is 5.51. The van der Waals surface area contributed by atoms with E-state index in [1.807, 2.05) is 6.92 Å². The van der Waals surface area contributed by atoms with Gasteiger partial charge in [-0.1, -0.05) is 25.9 Å². The van der Waals surface area contributed by atoms with Gasteiger partial charge in [-0.15, -0.1) is 0 Å². The minimum atomic E-state index is 0.187. The van der Waals surface area contributed by atoms with Gasteiger partial charge >= 0.3 is 0 Å². The van der Waals surface area contributed by atoms with Crippen molar-refractivity contribution in [3.05, 3.63) is 11.7 Å². The number of rotatable bonds is 5. The summed E-state index contributed by atoms with van der Waals surface area (Å²) in [7, 11) is 0. The van der Waals surface area contributed by atoms with Gasteiger partial charge in [-0.3, -0.25) is 0 Å². The minimum Gasteiger partial charge on any atom is -0.339 e. The molecule has 1 heterocycles. The summed E-state index contributed by atoms with van der Waals surface area (Å²) in [4.78, 5) is 4.30. The van der Waals surface area contributed by atoms with Crippen LogP contribution in [0.1, 0.15) is 44.8 Å². The van der Waals surface area contributed by atoms with Gasteiger partial charge < -0.3 is 10.3 Å². The molecule has 14 heavy (non-hydrogen) atoms. The summed E-state index contributed by atoms with van der Waals surface area (Å²) >= 11 is 0. The van der Waals surface area contributed by atoms with Gasteiger partial charge in [-0.05, 0) is 12.3 Å². The lowest BCUT2D eigenvalue weighted by atomic mass is 10.1. The fourth-order valence-electron chi connectivity index (χ4n) is 1.09. The number of nitrogens with two attached hydrogens (primary N) is 1. The van der Waals surface area contributed by atoms with Crippen molar-refractivity contribution < 1.29 is 4.52 Å². The molecule has 0 aromatic carbocycles. The molecule has 0 amide bonds. The number of aryl methyl sites for hydroxylation is 1. The van der Waals surface area contributed by atoms with Crippen LogP contribution in [0, 0.1) is 5.92 Å². The van der Waals surface area contributed by atoms with Gasteiger partial charge in [0.15, 0.2) is 5.82 Å². The Kier molecular flexibility index (Phi) is 4.07. The molecule has 2 N–H and O–H groups in total. The predicted octanol–water partition coefficient (Wildman–Crippen LogP) is 1.72. The van der Waals surface area contributed by atoms with Crippen molar-refractivity contribution in [3.63, 3.8) is 0 Å². The summed E-state index contributed by atoms with van der Waals surface area (Å²) in [6.45, 7) is 6.92. The van der Waals surface area contributed by atoms with Crippen molar-refractivity contribution in [2.45, 2.75) is 39.5 Å². The van der Waals surface area contributed by atoms with Crippen LogP contribution in [-0.4, -0.2) is 16.7 Å². The van der Waals surface area contributed by atoms with E-state index in [0.717, 1.165) is 24.6 Å². The Labute approximate surface area is 84.9 Å². The highest BCUT2D eigenvalue weighted by molar-refractivity contribution is 4.94. The topological polar surface area (TPSA) is 64.9 Å². The van der Waals surface area contributed by atoms with E-state index < -0.39 is 0 Å². The highest BCUT2D eigenvalue weighted by Crippen LogP contribution is 2.12. The van der Waals surface area contributed by atoms with Crippen LogP contribution in [0.2, 0.25) is 0 Å². The quantitative estimate of drug-likeness (QED) is 0.780. The molecule has 1 aromatic rings. The molecule has 1 rings (SSSR count). The molecule has 0 fully saturated rings. The normalized spacial score (nSPS) is 13.5. The molecule has 1 atom stereocenters. The van der Waals surface area contributed by atoms with Crippen LogP contribution >= 0.6 is 0 Å². The zero-order chi connectivity index (χ0) is 10.6. The molecule has 0 bridgehead atoms. The summed E-state index contributed by atoms with van der Waals surface area (Å²) in [6, 6.07) is 0. The zero-order valence-electron chi connectivity index (χ0n) is 9.16. The van der Waals surface area contributed by atoms with Crippen molar-refractivity contribution in [2.75, 3.05) is 6.54 Å². The van der Waals surface area contributed by atoms with Crippen molar-refractivity contribution in [1.29, 1.82) is 0 Å². The van der Waals surface area contributed by atoms with Gasteiger partial charge in [0.25, 0.3) is 0 Å². The summed E-state index contributed by atoms with van der Waals surface area (Å²) in [5.74, 6) is 2.31. The van der Waals surface area contributed by atoms with Crippen LogP contribution in [-0.2, 0) is 6.42 Å². The maximum Gasteiger partial charge on any atom is 0.226 e. The molecule has 4 heteroatoms. The second-order valence-corrected chi connectivity index (χ2v) is 4.12. The van der Waals surface area contributed by atoms with Crippen molar-refractivity contribution in [1.82, 2.24) is 10.1 Å². The summed E-state index contributed by atoms with van der Waals surface area (Å²) in [6.07, 6.45) is 1.95. The SMILES string of the molecule is CC(C)CCc1nc(C(C)CN)no1. The lowest BCUT2D eigenvalue weighted by molar-refractivity contribution is 0.361. The Morgan fingerprint density at radius 2 is 2.07 bits per heavy atom. The van der Waals surface area contributed by atoms with Crippen molar-refractivity contribution >= 4 is 0 Å². The number of hydrogen-bond acceptors (Lipinski definition) is 4. The Hall–Kier alpha value is -0.900. The first-order chi connectivity index (χ1) is 6.63. The van der Waals surface area contributed by atoms with Gasteiger partial charge in [-0.2, -0.15) is 4.98 Å². The Morgan fingerprint density at radius 1 is 1.36 bits per heavy atom. The van der Waals surface area contributed by atoms with E-state index >= 15 is 0 Å². The van der Waals surface area contributed by atoms with Crippen LogP contribution < -0.4 is 5.73 Å². The average molecular weight is 197 g/mol. The lowest BCUT2D eigenvalue weighted by Gasteiger charge is -2.00. The van der Waals surface area contributed by atoms with Crippen LogP contribution in [0.25, 0.3) is 0 Å². The molecule has 0 aliphatic heterocycles. The molecular weight excluding hydrogens is 178 g/mol. The third kappa shape index (κ3) is 3.10. The molecule has 4 nitrogen and oxygen atoms in total. The van der Waals surface area contributed by atoms with Crippen LogP contribution in [0.5, 0.6) is 0 Å². The first-order valence-corrected chi connectivity index (χ1v) is 5.16. The summed E-state index contributed by atoms with van der Waals surface area (Å²) < 4.78 is 5.12. The number of hydrogen-bond donors (Lipinski definition) is 1. The smallest absolute Gasteiger partial charge is 0.226 e. The minimum absolute atomic E-state index is 0.187. The number of aromatic nitrogens is 2. The molecule has 80 valence electrons. The lowest BCUT2D eigenvalue weighted by Crippen LogP contribution is -2.10. The Morgan fingerprint density at radius 3 is 2.64 bits per heavy atom. The van der Waals surface area contributed by atoms with Crippen molar-refractivity contribution in [2.24, 2.45) is 11.7 Å². The van der Waals surface area contributed by atoms with Gasteiger partial charge in [0.2, 0.25) is 5.89 Å².